The first-order chi connectivity index (χ1) is 13.8. The molecular weight excluding hydrogens is 374 g/mol. The highest BCUT2D eigenvalue weighted by molar-refractivity contribution is 6.01. The van der Waals surface area contributed by atoms with Gasteiger partial charge >= 0.3 is 6.09 Å². The maximum absolute atomic E-state index is 12.6. The largest absolute Gasteiger partial charge is 0.441 e. The molecule has 0 aromatic heterocycles. The van der Waals surface area contributed by atoms with E-state index in [1.165, 1.54) is 12.1 Å². The predicted octanol–water partition coefficient (Wildman–Crippen LogP) is 3.89. The summed E-state index contributed by atoms with van der Waals surface area (Å²) in [6.45, 7) is 3.79. The fourth-order valence-corrected chi connectivity index (χ4v) is 3.77. The monoisotopic (exact) mass is 395 g/mol. The van der Waals surface area contributed by atoms with Gasteiger partial charge in [0.1, 0.15) is 5.60 Å². The maximum atomic E-state index is 12.6. The smallest absolute Gasteiger partial charge is 0.413 e. The molecule has 8 heteroatoms. The third kappa shape index (κ3) is 3.65. The highest BCUT2D eigenvalue weighted by Crippen LogP contribution is 2.36. The van der Waals surface area contributed by atoms with Crippen LogP contribution in [0.4, 0.5) is 10.5 Å². The van der Waals surface area contributed by atoms with Crippen LogP contribution >= 0.6 is 0 Å². The Morgan fingerprint density at radius 2 is 1.86 bits per heavy atom. The average Bonchev–Trinajstić information content (AvgIpc) is 3.25. The number of hydrogen-bond acceptors (Lipinski definition) is 6. The van der Waals surface area contributed by atoms with E-state index in [-0.39, 0.29) is 11.7 Å². The number of ether oxygens (including phenoxy) is 1. The molecule has 0 aliphatic carbocycles. The molecule has 29 heavy (non-hydrogen) atoms. The molecule has 2 aromatic carbocycles. The number of carbonyl (C=O) groups excluding carboxylic acids is 1. The third-order valence-corrected chi connectivity index (χ3v) is 5.35. The molecule has 0 N–H and O–H groups in total. The summed E-state index contributed by atoms with van der Waals surface area (Å²) in [6, 6.07) is 15.8. The fourth-order valence-electron chi connectivity index (χ4n) is 3.77. The summed E-state index contributed by atoms with van der Waals surface area (Å²) in [7, 11) is 0. The van der Waals surface area contributed by atoms with Gasteiger partial charge in [0.2, 0.25) is 6.23 Å². The minimum atomic E-state index is -0.674. The third-order valence-electron chi connectivity index (χ3n) is 5.35. The number of amides is 1. The van der Waals surface area contributed by atoms with Gasteiger partial charge < -0.3 is 9.57 Å². The van der Waals surface area contributed by atoms with E-state index >= 15 is 0 Å². The van der Waals surface area contributed by atoms with Crippen molar-refractivity contribution in [2.45, 2.75) is 44.6 Å². The lowest BCUT2D eigenvalue weighted by atomic mass is 9.91. The quantitative estimate of drug-likeness (QED) is 0.565. The van der Waals surface area contributed by atoms with Gasteiger partial charge in [-0.05, 0) is 38.0 Å². The van der Waals surface area contributed by atoms with Crippen molar-refractivity contribution in [1.82, 2.24) is 4.90 Å². The van der Waals surface area contributed by atoms with Crippen LogP contribution in [0.2, 0.25) is 0 Å². The van der Waals surface area contributed by atoms with E-state index in [4.69, 9.17) is 9.57 Å². The molecular formula is C21H21N3O5. The van der Waals surface area contributed by atoms with Gasteiger partial charge in [-0.3, -0.25) is 15.0 Å². The second-order valence-electron chi connectivity index (χ2n) is 7.69. The van der Waals surface area contributed by atoms with E-state index in [1.54, 1.807) is 17.0 Å². The lowest BCUT2D eigenvalue weighted by Gasteiger charge is -2.31. The van der Waals surface area contributed by atoms with Crippen molar-refractivity contribution in [3.05, 3.63) is 75.8 Å². The Hall–Kier alpha value is -3.42. The van der Waals surface area contributed by atoms with Crippen molar-refractivity contribution in [2.24, 2.45) is 5.16 Å². The number of oxime groups is 1. The van der Waals surface area contributed by atoms with E-state index in [9.17, 15) is 14.9 Å². The Morgan fingerprint density at radius 1 is 1.17 bits per heavy atom. The molecule has 2 heterocycles. The number of cyclic esters (lactones) is 1. The Bertz CT molecular complexity index is 956. The van der Waals surface area contributed by atoms with Gasteiger partial charge in [-0.1, -0.05) is 35.5 Å². The number of hydrogen-bond donors (Lipinski definition) is 0. The molecule has 1 amide bonds. The second-order valence-corrected chi connectivity index (χ2v) is 7.69. The molecule has 0 unspecified atom stereocenters. The lowest BCUT2D eigenvalue weighted by Crippen LogP contribution is -2.48. The number of non-ortho nitro benzene ring substituents is 1. The van der Waals surface area contributed by atoms with E-state index in [0.717, 1.165) is 11.1 Å². The van der Waals surface area contributed by atoms with E-state index in [1.807, 2.05) is 44.2 Å². The molecule has 2 aliphatic heterocycles. The zero-order valence-corrected chi connectivity index (χ0v) is 16.1. The minimum absolute atomic E-state index is 0.0117. The minimum Gasteiger partial charge on any atom is -0.441 e. The van der Waals surface area contributed by atoms with Gasteiger partial charge in [0, 0.05) is 17.7 Å². The van der Waals surface area contributed by atoms with Crippen LogP contribution in [0.25, 0.3) is 0 Å². The van der Waals surface area contributed by atoms with E-state index in [0.29, 0.717) is 18.6 Å². The summed E-state index contributed by atoms with van der Waals surface area (Å²) in [6.07, 6.45) is 0.00453. The normalized spacial score (nSPS) is 22.8. The van der Waals surface area contributed by atoms with Crippen LogP contribution in [0.15, 0.2) is 59.8 Å². The molecule has 4 rings (SSSR count). The van der Waals surface area contributed by atoms with Crippen molar-refractivity contribution >= 4 is 17.5 Å². The zero-order valence-electron chi connectivity index (χ0n) is 16.1. The lowest BCUT2D eigenvalue weighted by molar-refractivity contribution is -0.384. The van der Waals surface area contributed by atoms with Crippen molar-refractivity contribution in [1.29, 1.82) is 0 Å². The topological polar surface area (TPSA) is 94.3 Å². The fraction of sp³-hybridized carbons (Fsp3) is 0.333. The average molecular weight is 395 g/mol. The number of rotatable bonds is 5. The van der Waals surface area contributed by atoms with Gasteiger partial charge in [-0.2, -0.15) is 0 Å². The molecule has 1 fully saturated rings. The molecule has 2 atom stereocenters. The van der Waals surface area contributed by atoms with Crippen molar-refractivity contribution in [3.8, 4) is 0 Å². The van der Waals surface area contributed by atoms with Crippen LogP contribution in [-0.4, -0.2) is 39.5 Å². The Kier molecular flexibility index (Phi) is 4.70. The second kappa shape index (κ2) is 7.20. The van der Waals surface area contributed by atoms with Gasteiger partial charge in [-0.25, -0.2) is 4.79 Å². The first-order valence-electron chi connectivity index (χ1n) is 9.38. The molecule has 150 valence electrons. The summed E-state index contributed by atoms with van der Waals surface area (Å²) in [5, 5.41) is 15.0. The summed E-state index contributed by atoms with van der Waals surface area (Å²) in [4.78, 5) is 30.2. The van der Waals surface area contributed by atoms with Gasteiger partial charge in [0.25, 0.3) is 5.69 Å². The van der Waals surface area contributed by atoms with Crippen molar-refractivity contribution in [2.75, 3.05) is 0 Å². The molecule has 0 bridgehead atoms. The van der Waals surface area contributed by atoms with Crippen LogP contribution in [0.5, 0.6) is 0 Å². The Labute approximate surface area is 167 Å². The van der Waals surface area contributed by atoms with Gasteiger partial charge in [-0.15, -0.1) is 0 Å². The zero-order chi connectivity index (χ0) is 20.6. The van der Waals surface area contributed by atoms with Crippen LogP contribution < -0.4 is 0 Å². The Balaban J connectivity index is 1.52. The number of nitrogens with zero attached hydrogens (tertiary/aromatic N) is 3. The molecule has 2 aromatic rings. The standard InChI is InChI=1S/C21H21N3O5/c1-21(2)18(12-14-6-4-3-5-7-14)23(20(25)28-21)19-13-17(22-29-19)15-8-10-16(11-9-15)24(26)27/h3-11,18-19H,12-13H2,1-2H3/t18-,19-/m0/s1. The number of nitro groups is 1. The summed E-state index contributed by atoms with van der Waals surface area (Å²) >= 11 is 0. The molecule has 2 aliphatic rings. The summed E-state index contributed by atoms with van der Waals surface area (Å²) < 4.78 is 5.62. The van der Waals surface area contributed by atoms with Crippen molar-refractivity contribution in [3.63, 3.8) is 0 Å². The first-order valence-corrected chi connectivity index (χ1v) is 9.38. The van der Waals surface area contributed by atoms with Crippen LogP contribution in [0.3, 0.4) is 0 Å². The first kappa shape index (κ1) is 18.9. The maximum Gasteiger partial charge on any atom is 0.413 e. The Morgan fingerprint density at radius 3 is 2.52 bits per heavy atom. The molecule has 0 radical (unpaired) electrons. The van der Waals surface area contributed by atoms with Crippen LogP contribution in [-0.2, 0) is 16.0 Å². The van der Waals surface area contributed by atoms with Crippen molar-refractivity contribution < 1.29 is 19.3 Å². The predicted molar refractivity (Wildman–Crippen MR) is 105 cm³/mol. The highest BCUT2D eigenvalue weighted by Gasteiger charge is 2.52. The molecule has 0 saturated carbocycles. The number of nitro benzene ring substituents is 1. The van der Waals surface area contributed by atoms with E-state index in [2.05, 4.69) is 5.16 Å². The molecule has 1 saturated heterocycles. The SMILES string of the molecule is CC1(C)OC(=O)N([C@@H]2CC(c3ccc([N+](=O)[O-])cc3)=NO2)[C@H]1Cc1ccccc1. The summed E-state index contributed by atoms with van der Waals surface area (Å²) in [5.74, 6) is 0. The molecule has 0 spiro atoms. The van der Waals surface area contributed by atoms with E-state index < -0.39 is 22.8 Å². The van der Waals surface area contributed by atoms with Gasteiger partial charge in [0.15, 0.2) is 0 Å². The molecule has 8 nitrogen and oxygen atoms in total. The van der Waals surface area contributed by atoms with Crippen LogP contribution in [0, 0.1) is 10.1 Å². The highest BCUT2D eigenvalue weighted by atomic mass is 16.7. The number of benzene rings is 2. The summed E-state index contributed by atoms with van der Waals surface area (Å²) in [5.41, 5.74) is 1.80. The van der Waals surface area contributed by atoms with Crippen LogP contribution in [0.1, 0.15) is 31.4 Å². The number of carbonyl (C=O) groups is 1. The van der Waals surface area contributed by atoms with Gasteiger partial charge in [0.05, 0.1) is 23.1 Å².